The lowest BCUT2D eigenvalue weighted by molar-refractivity contribution is -0.385. The lowest BCUT2D eigenvalue weighted by atomic mass is 10.2. The van der Waals surface area contributed by atoms with Crippen LogP contribution in [0.4, 0.5) is 11.4 Å². The van der Waals surface area contributed by atoms with Gasteiger partial charge in [0.25, 0.3) is 0 Å². The van der Waals surface area contributed by atoms with E-state index in [9.17, 15) is 10.1 Å². The number of nitrogens with zero attached hydrogens (tertiary/aromatic N) is 3. The number of ether oxygens (including phenoxy) is 1. The minimum absolute atomic E-state index is 0.00194. The maximum absolute atomic E-state index is 10.9. The Labute approximate surface area is 108 Å². The average Bonchev–Trinajstić information content (AvgIpc) is 2.39. The minimum Gasteiger partial charge on any atom is -0.432 e. The van der Waals surface area contributed by atoms with Crippen molar-refractivity contribution in [2.75, 3.05) is 5.73 Å². The SMILES string of the molecule is N#Cc1ccc(Oc2cc(N)ccn2)c([N+](=O)[O-])c1. The van der Waals surface area contributed by atoms with Crippen molar-refractivity contribution in [3.8, 4) is 17.7 Å². The van der Waals surface area contributed by atoms with Gasteiger partial charge >= 0.3 is 5.69 Å². The Hall–Kier alpha value is -3.14. The molecule has 0 bridgehead atoms. The van der Waals surface area contributed by atoms with Crippen LogP contribution < -0.4 is 10.5 Å². The number of rotatable bonds is 3. The molecule has 0 saturated carbocycles. The van der Waals surface area contributed by atoms with E-state index in [1.165, 1.54) is 24.4 Å². The van der Waals surface area contributed by atoms with Crippen molar-refractivity contribution in [2.45, 2.75) is 0 Å². The minimum atomic E-state index is -0.623. The summed E-state index contributed by atoms with van der Waals surface area (Å²) in [7, 11) is 0. The molecule has 0 amide bonds. The van der Waals surface area contributed by atoms with Crippen LogP contribution in [0.1, 0.15) is 5.56 Å². The molecule has 2 aromatic rings. The zero-order valence-corrected chi connectivity index (χ0v) is 9.61. The van der Waals surface area contributed by atoms with Gasteiger partial charge in [-0.15, -0.1) is 0 Å². The molecule has 1 aromatic heterocycles. The van der Waals surface area contributed by atoms with Gasteiger partial charge in [-0.3, -0.25) is 10.1 Å². The van der Waals surface area contributed by atoms with Gasteiger partial charge < -0.3 is 10.5 Å². The number of nitrogens with two attached hydrogens (primary N) is 1. The zero-order valence-electron chi connectivity index (χ0n) is 9.61. The van der Waals surface area contributed by atoms with Crippen LogP contribution in [-0.4, -0.2) is 9.91 Å². The maximum Gasteiger partial charge on any atom is 0.312 e. The average molecular weight is 256 g/mol. The lowest BCUT2D eigenvalue weighted by Gasteiger charge is -2.05. The second-order valence-electron chi connectivity index (χ2n) is 3.58. The largest absolute Gasteiger partial charge is 0.432 e. The summed E-state index contributed by atoms with van der Waals surface area (Å²) in [6, 6.07) is 8.76. The first-order valence-corrected chi connectivity index (χ1v) is 5.18. The molecular formula is C12H8N4O3. The van der Waals surface area contributed by atoms with Crippen molar-refractivity contribution in [3.63, 3.8) is 0 Å². The molecule has 0 unspecified atom stereocenters. The van der Waals surface area contributed by atoms with Crippen molar-refractivity contribution < 1.29 is 9.66 Å². The van der Waals surface area contributed by atoms with Gasteiger partial charge in [-0.05, 0) is 18.2 Å². The van der Waals surface area contributed by atoms with E-state index in [0.717, 1.165) is 6.07 Å². The van der Waals surface area contributed by atoms with Gasteiger partial charge in [-0.2, -0.15) is 5.26 Å². The summed E-state index contributed by atoms with van der Waals surface area (Å²) in [4.78, 5) is 14.2. The number of benzene rings is 1. The molecule has 0 saturated heterocycles. The highest BCUT2D eigenvalue weighted by molar-refractivity contribution is 5.53. The monoisotopic (exact) mass is 256 g/mol. The predicted molar refractivity (Wildman–Crippen MR) is 66.5 cm³/mol. The molecule has 94 valence electrons. The highest BCUT2D eigenvalue weighted by Gasteiger charge is 2.17. The molecule has 19 heavy (non-hydrogen) atoms. The first kappa shape index (κ1) is 12.3. The van der Waals surface area contributed by atoms with Crippen LogP contribution in [0.3, 0.4) is 0 Å². The number of nitriles is 1. The molecule has 0 radical (unpaired) electrons. The summed E-state index contributed by atoms with van der Waals surface area (Å²) in [5.74, 6) is 0.148. The predicted octanol–water partition coefficient (Wildman–Crippen LogP) is 2.24. The molecule has 2 rings (SSSR count). The van der Waals surface area contributed by atoms with E-state index < -0.39 is 4.92 Å². The molecule has 0 atom stereocenters. The summed E-state index contributed by atoms with van der Waals surface area (Å²) in [6.45, 7) is 0. The Morgan fingerprint density at radius 2 is 2.16 bits per heavy atom. The van der Waals surface area contributed by atoms with E-state index in [1.807, 2.05) is 6.07 Å². The summed E-state index contributed by atoms with van der Waals surface area (Å²) < 4.78 is 5.31. The third-order valence-corrected chi connectivity index (χ3v) is 2.26. The fraction of sp³-hybridized carbons (Fsp3) is 0. The molecule has 0 aliphatic carbocycles. The number of hydrogen-bond acceptors (Lipinski definition) is 6. The molecular weight excluding hydrogens is 248 g/mol. The quantitative estimate of drug-likeness (QED) is 0.665. The van der Waals surface area contributed by atoms with Crippen LogP contribution in [-0.2, 0) is 0 Å². The van der Waals surface area contributed by atoms with Crippen molar-refractivity contribution >= 4 is 11.4 Å². The first-order chi connectivity index (χ1) is 9.10. The van der Waals surface area contributed by atoms with Gasteiger partial charge in [0.1, 0.15) is 0 Å². The van der Waals surface area contributed by atoms with E-state index in [-0.39, 0.29) is 22.9 Å². The number of nitrogen functional groups attached to an aromatic ring is 1. The van der Waals surface area contributed by atoms with E-state index in [2.05, 4.69) is 4.98 Å². The van der Waals surface area contributed by atoms with Gasteiger partial charge in [0.2, 0.25) is 11.6 Å². The number of pyridine rings is 1. The Morgan fingerprint density at radius 1 is 1.37 bits per heavy atom. The van der Waals surface area contributed by atoms with Gasteiger partial charge in [-0.1, -0.05) is 0 Å². The molecule has 7 heteroatoms. The van der Waals surface area contributed by atoms with Gasteiger partial charge in [0.15, 0.2) is 0 Å². The lowest BCUT2D eigenvalue weighted by Crippen LogP contribution is -1.96. The molecule has 0 spiro atoms. The maximum atomic E-state index is 10.9. The van der Waals surface area contributed by atoms with Crippen LogP contribution in [0.2, 0.25) is 0 Å². The van der Waals surface area contributed by atoms with Gasteiger partial charge in [-0.25, -0.2) is 4.98 Å². The Morgan fingerprint density at radius 3 is 2.79 bits per heavy atom. The molecule has 1 heterocycles. The highest BCUT2D eigenvalue weighted by atomic mass is 16.6. The number of anilines is 1. The van der Waals surface area contributed by atoms with Crippen LogP contribution in [0.15, 0.2) is 36.5 Å². The topological polar surface area (TPSA) is 115 Å². The highest BCUT2D eigenvalue weighted by Crippen LogP contribution is 2.31. The van der Waals surface area contributed by atoms with Crippen LogP contribution >= 0.6 is 0 Å². The Bertz CT molecular complexity index is 679. The second kappa shape index (κ2) is 5.01. The standard InChI is InChI=1S/C12H8N4O3/c13-7-8-1-2-11(10(5-8)16(17)18)19-12-6-9(14)3-4-15-12/h1-6H,(H2,14,15). The summed E-state index contributed by atoms with van der Waals surface area (Å²) in [5, 5.41) is 19.6. The zero-order chi connectivity index (χ0) is 13.8. The molecule has 2 N–H and O–H groups in total. The van der Waals surface area contributed by atoms with Gasteiger partial charge in [0.05, 0.1) is 16.6 Å². The van der Waals surface area contributed by atoms with Crippen LogP contribution in [0.5, 0.6) is 11.6 Å². The van der Waals surface area contributed by atoms with E-state index in [1.54, 1.807) is 6.07 Å². The summed E-state index contributed by atoms with van der Waals surface area (Å²) in [6.07, 6.45) is 1.43. The normalized spacial score (nSPS) is 9.63. The third kappa shape index (κ3) is 2.76. The van der Waals surface area contributed by atoms with Crippen molar-refractivity contribution in [1.29, 1.82) is 5.26 Å². The number of hydrogen-bond donors (Lipinski definition) is 1. The first-order valence-electron chi connectivity index (χ1n) is 5.18. The third-order valence-electron chi connectivity index (χ3n) is 2.26. The van der Waals surface area contributed by atoms with Crippen molar-refractivity contribution in [2.24, 2.45) is 0 Å². The summed E-state index contributed by atoms with van der Waals surface area (Å²) >= 11 is 0. The fourth-order valence-electron chi connectivity index (χ4n) is 1.41. The Balaban J connectivity index is 2.40. The Kier molecular flexibility index (Phi) is 3.25. The fourth-order valence-corrected chi connectivity index (χ4v) is 1.41. The molecule has 7 nitrogen and oxygen atoms in total. The van der Waals surface area contributed by atoms with Gasteiger partial charge in [0, 0.05) is 24.0 Å². The molecule has 0 aliphatic heterocycles. The van der Waals surface area contributed by atoms with Crippen LogP contribution in [0, 0.1) is 21.4 Å². The van der Waals surface area contributed by atoms with E-state index >= 15 is 0 Å². The molecule has 1 aromatic carbocycles. The van der Waals surface area contributed by atoms with E-state index in [0.29, 0.717) is 5.69 Å². The molecule has 0 fully saturated rings. The molecule has 0 aliphatic rings. The summed E-state index contributed by atoms with van der Waals surface area (Å²) in [5.41, 5.74) is 5.87. The number of aromatic nitrogens is 1. The smallest absolute Gasteiger partial charge is 0.312 e. The van der Waals surface area contributed by atoms with Crippen LogP contribution in [0.25, 0.3) is 0 Å². The number of nitro groups is 1. The van der Waals surface area contributed by atoms with Crippen molar-refractivity contribution in [3.05, 3.63) is 52.2 Å². The number of nitro benzene ring substituents is 1. The second-order valence-corrected chi connectivity index (χ2v) is 3.58. The van der Waals surface area contributed by atoms with E-state index in [4.69, 9.17) is 15.7 Å². The van der Waals surface area contributed by atoms with Crippen molar-refractivity contribution in [1.82, 2.24) is 4.98 Å².